The number of carbonyl (C=O) groups is 1. The summed E-state index contributed by atoms with van der Waals surface area (Å²) in [5, 5.41) is 9.26. The zero-order valence-electron chi connectivity index (χ0n) is 8.06. The van der Waals surface area contributed by atoms with Gasteiger partial charge in [-0.25, -0.2) is 0 Å². The molecule has 0 amide bonds. The molecule has 1 fully saturated rings. The Kier molecular flexibility index (Phi) is 6.76. The Hall–Kier alpha value is -0.570. The predicted octanol–water partition coefficient (Wildman–Crippen LogP) is -1.17. The summed E-state index contributed by atoms with van der Waals surface area (Å²) in [7, 11) is 2.28. The van der Waals surface area contributed by atoms with Crippen LogP contribution in [0.3, 0.4) is 0 Å². The van der Waals surface area contributed by atoms with E-state index in [1.165, 1.54) is 39.3 Å². The van der Waals surface area contributed by atoms with Gasteiger partial charge in [0.05, 0.1) is 20.1 Å². The first-order chi connectivity index (χ1) is 5.66. The first-order valence-corrected chi connectivity index (χ1v) is 4.68. The van der Waals surface area contributed by atoms with Crippen molar-refractivity contribution in [2.45, 2.75) is 32.6 Å². The van der Waals surface area contributed by atoms with Crippen molar-refractivity contribution in [1.29, 1.82) is 0 Å². The number of carbonyl (C=O) groups excluding carboxylic acids is 1. The molecule has 0 spiro atoms. The summed E-state index contributed by atoms with van der Waals surface area (Å²) < 4.78 is 0. The highest BCUT2D eigenvalue weighted by Crippen LogP contribution is 1.92. The van der Waals surface area contributed by atoms with Crippen molar-refractivity contribution in [1.82, 2.24) is 0 Å². The molecule has 0 radical (unpaired) electrons. The van der Waals surface area contributed by atoms with Crippen LogP contribution in [0.5, 0.6) is 0 Å². The molecule has 0 aromatic carbocycles. The number of carboxylic acid groups (broad SMARTS) is 1. The van der Waals surface area contributed by atoms with Crippen LogP contribution in [0, 0.1) is 0 Å². The highest BCUT2D eigenvalue weighted by molar-refractivity contribution is 5.63. The molecule has 1 rings (SSSR count). The molecule has 3 nitrogen and oxygen atoms in total. The summed E-state index contributed by atoms with van der Waals surface area (Å²) in [6.07, 6.45) is 4.48. The molecular formula is C9H19NO2. The Morgan fingerprint density at radius 3 is 1.92 bits per heavy atom. The summed E-state index contributed by atoms with van der Waals surface area (Å²) >= 11 is 0. The zero-order valence-corrected chi connectivity index (χ0v) is 8.06. The Bertz CT molecular complexity index is 120. The first kappa shape index (κ1) is 11.4. The van der Waals surface area contributed by atoms with E-state index in [-0.39, 0.29) is 6.42 Å². The molecule has 1 saturated heterocycles. The largest absolute Gasteiger partial charge is 0.550 e. The van der Waals surface area contributed by atoms with Gasteiger partial charge in [-0.15, -0.1) is 0 Å². The lowest BCUT2D eigenvalue weighted by Gasteiger charge is -2.17. The Balaban J connectivity index is 0.000000217. The maximum absolute atomic E-state index is 9.26. The van der Waals surface area contributed by atoms with Crippen molar-refractivity contribution < 1.29 is 14.8 Å². The molecule has 0 unspecified atom stereocenters. The number of carboxylic acids is 1. The maximum atomic E-state index is 9.26. The van der Waals surface area contributed by atoms with E-state index in [2.05, 4.69) is 7.05 Å². The smallest absolute Gasteiger partial charge is 0.0768 e. The average Bonchev–Trinajstić information content (AvgIpc) is 2.07. The van der Waals surface area contributed by atoms with Crippen molar-refractivity contribution in [2.75, 3.05) is 20.1 Å². The van der Waals surface area contributed by atoms with Gasteiger partial charge in [0.25, 0.3) is 0 Å². The van der Waals surface area contributed by atoms with E-state index in [4.69, 9.17) is 0 Å². The van der Waals surface area contributed by atoms with Gasteiger partial charge in [-0.3, -0.25) is 0 Å². The summed E-state index contributed by atoms with van der Waals surface area (Å²) in [5.74, 6) is -0.995. The van der Waals surface area contributed by atoms with Gasteiger partial charge in [0.2, 0.25) is 0 Å². The molecule has 1 aliphatic rings. The number of rotatable bonds is 1. The van der Waals surface area contributed by atoms with Crippen LogP contribution in [-0.4, -0.2) is 26.1 Å². The molecule has 0 aromatic heterocycles. The Morgan fingerprint density at radius 1 is 1.33 bits per heavy atom. The van der Waals surface area contributed by atoms with Crippen molar-refractivity contribution in [3.63, 3.8) is 0 Å². The van der Waals surface area contributed by atoms with E-state index in [0.717, 1.165) is 0 Å². The van der Waals surface area contributed by atoms with Gasteiger partial charge >= 0.3 is 0 Å². The maximum Gasteiger partial charge on any atom is 0.0768 e. The van der Waals surface area contributed by atoms with Crippen LogP contribution in [0.15, 0.2) is 0 Å². The molecule has 0 bridgehead atoms. The summed E-state index contributed by atoms with van der Waals surface area (Å²) in [6.45, 7) is 4.34. The molecule has 3 heteroatoms. The van der Waals surface area contributed by atoms with Gasteiger partial charge in [0.1, 0.15) is 0 Å². The number of hydrogen-bond donors (Lipinski definition) is 1. The fraction of sp³-hybridized carbons (Fsp3) is 0.889. The minimum absolute atomic E-state index is 0.111. The first-order valence-electron chi connectivity index (χ1n) is 4.68. The van der Waals surface area contributed by atoms with Crippen molar-refractivity contribution in [3.05, 3.63) is 0 Å². The van der Waals surface area contributed by atoms with Crippen molar-refractivity contribution in [2.24, 2.45) is 0 Å². The highest BCUT2D eigenvalue weighted by Gasteiger charge is 2.05. The minimum atomic E-state index is -0.995. The molecule has 0 atom stereocenters. The molecule has 12 heavy (non-hydrogen) atoms. The molecule has 0 aromatic rings. The number of likely N-dealkylation sites (tertiary alicyclic amines) is 1. The standard InChI is InChI=1S/C6H13N.C3H6O2/c1-7-5-3-2-4-6-7;1-2-3(4)5/h2-6H2,1H3;2H2,1H3,(H,4,5). The number of aliphatic carboxylic acids is 1. The van der Waals surface area contributed by atoms with Crippen LogP contribution in [0.2, 0.25) is 0 Å². The molecule has 0 aliphatic carbocycles. The lowest BCUT2D eigenvalue weighted by molar-refractivity contribution is -0.884. The normalized spacial score (nSPS) is 17.8. The lowest BCUT2D eigenvalue weighted by atomic mass is 10.1. The fourth-order valence-corrected chi connectivity index (χ4v) is 1.16. The van der Waals surface area contributed by atoms with Crippen LogP contribution in [-0.2, 0) is 4.79 Å². The number of piperidine rings is 1. The van der Waals surface area contributed by atoms with Crippen LogP contribution in [0.1, 0.15) is 32.6 Å². The Morgan fingerprint density at radius 2 is 1.75 bits per heavy atom. The van der Waals surface area contributed by atoms with Crippen LogP contribution >= 0.6 is 0 Å². The van der Waals surface area contributed by atoms with E-state index in [9.17, 15) is 9.90 Å². The molecule has 1 aliphatic heterocycles. The number of nitrogens with one attached hydrogen (secondary N) is 1. The van der Waals surface area contributed by atoms with Gasteiger partial charge in [0.15, 0.2) is 0 Å². The second-order valence-electron chi connectivity index (χ2n) is 3.24. The van der Waals surface area contributed by atoms with Gasteiger partial charge < -0.3 is 14.8 Å². The predicted molar refractivity (Wildman–Crippen MR) is 45.8 cm³/mol. The molecule has 1 heterocycles. The Labute approximate surface area is 74.4 Å². The van der Waals surface area contributed by atoms with E-state index < -0.39 is 5.97 Å². The third-order valence-corrected chi connectivity index (χ3v) is 2.00. The van der Waals surface area contributed by atoms with E-state index in [1.54, 1.807) is 4.90 Å². The fourth-order valence-electron chi connectivity index (χ4n) is 1.16. The number of quaternary nitrogens is 1. The second-order valence-corrected chi connectivity index (χ2v) is 3.24. The van der Waals surface area contributed by atoms with Gasteiger partial charge in [-0.05, 0) is 25.7 Å². The van der Waals surface area contributed by atoms with Crippen LogP contribution in [0.25, 0.3) is 0 Å². The van der Waals surface area contributed by atoms with Gasteiger partial charge in [0, 0.05) is 5.97 Å². The van der Waals surface area contributed by atoms with Crippen LogP contribution in [0.4, 0.5) is 0 Å². The summed E-state index contributed by atoms with van der Waals surface area (Å²) in [6, 6.07) is 0. The van der Waals surface area contributed by atoms with E-state index in [1.807, 2.05) is 0 Å². The third kappa shape index (κ3) is 7.54. The van der Waals surface area contributed by atoms with Crippen molar-refractivity contribution in [3.8, 4) is 0 Å². The molecule has 1 N–H and O–H groups in total. The highest BCUT2D eigenvalue weighted by atomic mass is 16.4. The quantitative estimate of drug-likeness (QED) is 0.543. The van der Waals surface area contributed by atoms with Gasteiger partial charge in [-0.2, -0.15) is 0 Å². The summed E-state index contributed by atoms with van der Waals surface area (Å²) in [4.78, 5) is 11.0. The molecular weight excluding hydrogens is 154 g/mol. The lowest BCUT2D eigenvalue weighted by Crippen LogP contribution is -3.09. The summed E-state index contributed by atoms with van der Waals surface area (Å²) in [5.41, 5.74) is 0. The topological polar surface area (TPSA) is 44.6 Å². The van der Waals surface area contributed by atoms with E-state index in [0.29, 0.717) is 0 Å². The molecule has 0 saturated carbocycles. The molecule has 72 valence electrons. The number of hydrogen-bond acceptors (Lipinski definition) is 2. The third-order valence-electron chi connectivity index (χ3n) is 2.00. The minimum Gasteiger partial charge on any atom is -0.550 e. The monoisotopic (exact) mass is 173 g/mol. The second kappa shape index (κ2) is 7.10. The van der Waals surface area contributed by atoms with Gasteiger partial charge in [-0.1, -0.05) is 6.92 Å². The van der Waals surface area contributed by atoms with E-state index >= 15 is 0 Å². The van der Waals surface area contributed by atoms with Crippen molar-refractivity contribution >= 4 is 5.97 Å². The average molecular weight is 173 g/mol. The zero-order chi connectivity index (χ0) is 9.40. The SMILES string of the molecule is CCC(=O)[O-].C[NH+]1CCCCC1. The van der Waals surface area contributed by atoms with Crippen LogP contribution < -0.4 is 10.0 Å².